The van der Waals surface area contributed by atoms with Crippen molar-refractivity contribution in [3.8, 4) is 0 Å². The molecule has 2 aromatic rings. The van der Waals surface area contributed by atoms with Crippen molar-refractivity contribution in [2.75, 3.05) is 13.1 Å². The lowest BCUT2D eigenvalue weighted by molar-refractivity contribution is -0.138. The fourth-order valence-corrected chi connectivity index (χ4v) is 2.77. The minimum absolute atomic E-state index is 0.0224. The van der Waals surface area contributed by atoms with Gasteiger partial charge in [-0.05, 0) is 24.0 Å². The van der Waals surface area contributed by atoms with Crippen LogP contribution in [0.4, 0.5) is 0 Å². The van der Waals surface area contributed by atoms with Crippen molar-refractivity contribution < 1.29 is 14.7 Å². The molecule has 0 saturated heterocycles. The Balaban J connectivity index is 2.15. The van der Waals surface area contributed by atoms with E-state index in [9.17, 15) is 9.59 Å². The van der Waals surface area contributed by atoms with Crippen LogP contribution in [0.25, 0.3) is 10.9 Å². The number of hydrogen-bond donors (Lipinski definition) is 2. The van der Waals surface area contributed by atoms with Crippen molar-refractivity contribution in [1.29, 1.82) is 0 Å². The van der Waals surface area contributed by atoms with E-state index in [0.29, 0.717) is 12.5 Å². The molecule has 1 heterocycles. The molecule has 1 aromatic heterocycles. The van der Waals surface area contributed by atoms with Gasteiger partial charge in [-0.2, -0.15) is 0 Å². The largest absolute Gasteiger partial charge is 0.481 e. The SMILES string of the molecule is Cc1cccc2c(CC(=O)N(CCC(=O)O)CC(C)C)c[nH]c12. The minimum Gasteiger partial charge on any atom is -0.481 e. The minimum atomic E-state index is -0.880. The maximum Gasteiger partial charge on any atom is 0.305 e. The van der Waals surface area contributed by atoms with Crippen LogP contribution in [0, 0.1) is 12.8 Å². The highest BCUT2D eigenvalue weighted by molar-refractivity contribution is 5.90. The number of aliphatic carboxylic acids is 1. The number of aromatic amines is 1. The number of carboxylic acids is 1. The standard InChI is InChI=1S/C18H24N2O3/c1-12(2)11-20(8-7-17(22)23)16(21)9-14-10-19-18-13(3)5-4-6-15(14)18/h4-6,10,12,19H,7-9,11H2,1-3H3,(H,22,23). The maximum absolute atomic E-state index is 12.6. The number of amides is 1. The van der Waals surface area contributed by atoms with E-state index in [1.807, 2.05) is 45.2 Å². The van der Waals surface area contributed by atoms with E-state index in [1.165, 1.54) is 0 Å². The zero-order chi connectivity index (χ0) is 17.0. The van der Waals surface area contributed by atoms with Gasteiger partial charge in [-0.15, -0.1) is 0 Å². The second kappa shape index (κ2) is 7.31. The zero-order valence-electron chi connectivity index (χ0n) is 13.9. The Labute approximate surface area is 136 Å². The van der Waals surface area contributed by atoms with Crippen LogP contribution in [-0.2, 0) is 16.0 Å². The summed E-state index contributed by atoms with van der Waals surface area (Å²) in [4.78, 5) is 28.3. The summed E-state index contributed by atoms with van der Waals surface area (Å²) in [6.45, 7) is 6.91. The van der Waals surface area contributed by atoms with Gasteiger partial charge in [-0.3, -0.25) is 9.59 Å². The van der Waals surface area contributed by atoms with Gasteiger partial charge < -0.3 is 15.0 Å². The van der Waals surface area contributed by atoms with E-state index in [-0.39, 0.29) is 25.3 Å². The number of aromatic nitrogens is 1. The van der Waals surface area contributed by atoms with Gasteiger partial charge in [0.15, 0.2) is 0 Å². The number of nitrogens with zero attached hydrogens (tertiary/aromatic N) is 1. The van der Waals surface area contributed by atoms with Gasteiger partial charge in [0, 0.05) is 30.2 Å². The molecule has 0 radical (unpaired) electrons. The number of carboxylic acid groups (broad SMARTS) is 1. The first-order valence-electron chi connectivity index (χ1n) is 7.93. The number of aryl methyl sites for hydroxylation is 1. The van der Waals surface area contributed by atoms with Crippen molar-refractivity contribution in [3.63, 3.8) is 0 Å². The topological polar surface area (TPSA) is 73.4 Å². The van der Waals surface area contributed by atoms with Crippen LogP contribution in [0.5, 0.6) is 0 Å². The van der Waals surface area contributed by atoms with Crippen molar-refractivity contribution >= 4 is 22.8 Å². The van der Waals surface area contributed by atoms with Gasteiger partial charge in [0.05, 0.1) is 12.8 Å². The molecular formula is C18H24N2O3. The zero-order valence-corrected chi connectivity index (χ0v) is 13.9. The molecule has 0 bridgehead atoms. The van der Waals surface area contributed by atoms with Gasteiger partial charge in [0.1, 0.15) is 0 Å². The number of para-hydroxylation sites is 1. The third kappa shape index (κ3) is 4.34. The second-order valence-electron chi connectivity index (χ2n) is 6.37. The number of rotatable bonds is 7. The van der Waals surface area contributed by atoms with Crippen LogP contribution >= 0.6 is 0 Å². The Morgan fingerprint density at radius 1 is 1.30 bits per heavy atom. The summed E-state index contributed by atoms with van der Waals surface area (Å²) in [5.41, 5.74) is 3.15. The van der Waals surface area contributed by atoms with Gasteiger partial charge in [-0.25, -0.2) is 0 Å². The fourth-order valence-electron chi connectivity index (χ4n) is 2.77. The fraction of sp³-hybridized carbons (Fsp3) is 0.444. The first kappa shape index (κ1) is 17.1. The molecule has 5 heteroatoms. The molecule has 2 rings (SSSR count). The van der Waals surface area contributed by atoms with Gasteiger partial charge >= 0.3 is 5.97 Å². The summed E-state index contributed by atoms with van der Waals surface area (Å²) in [5.74, 6) is -0.602. The number of carbonyl (C=O) groups is 2. The first-order valence-corrected chi connectivity index (χ1v) is 7.93. The van der Waals surface area contributed by atoms with Crippen LogP contribution in [0.15, 0.2) is 24.4 Å². The summed E-state index contributed by atoms with van der Waals surface area (Å²) in [6, 6.07) is 6.02. The van der Waals surface area contributed by atoms with Crippen LogP contribution in [0.1, 0.15) is 31.4 Å². The lowest BCUT2D eigenvalue weighted by Crippen LogP contribution is -2.36. The smallest absolute Gasteiger partial charge is 0.305 e. The molecule has 0 fully saturated rings. The van der Waals surface area contributed by atoms with Gasteiger partial charge in [0.25, 0.3) is 0 Å². The number of hydrogen-bond acceptors (Lipinski definition) is 2. The quantitative estimate of drug-likeness (QED) is 0.824. The van der Waals surface area contributed by atoms with Crippen molar-refractivity contribution in [1.82, 2.24) is 9.88 Å². The van der Waals surface area contributed by atoms with E-state index in [1.54, 1.807) is 4.90 Å². The lowest BCUT2D eigenvalue weighted by Gasteiger charge is -2.24. The Bertz CT molecular complexity index is 703. The summed E-state index contributed by atoms with van der Waals surface area (Å²) in [6.07, 6.45) is 2.14. The first-order chi connectivity index (χ1) is 10.9. The predicted molar refractivity (Wildman–Crippen MR) is 90.4 cm³/mol. The average Bonchev–Trinajstić information content (AvgIpc) is 2.87. The number of H-pyrrole nitrogens is 1. The van der Waals surface area contributed by atoms with Crippen LogP contribution in [-0.4, -0.2) is 40.0 Å². The Kier molecular flexibility index (Phi) is 5.42. The summed E-state index contributed by atoms with van der Waals surface area (Å²) >= 11 is 0. The molecule has 0 unspecified atom stereocenters. The van der Waals surface area contributed by atoms with Crippen LogP contribution < -0.4 is 0 Å². The second-order valence-corrected chi connectivity index (χ2v) is 6.37. The van der Waals surface area contributed by atoms with Crippen molar-refractivity contribution in [3.05, 3.63) is 35.5 Å². The highest BCUT2D eigenvalue weighted by Gasteiger charge is 2.18. The molecule has 0 aliphatic carbocycles. The molecule has 1 amide bonds. The normalized spacial score (nSPS) is 11.1. The lowest BCUT2D eigenvalue weighted by atomic mass is 10.1. The van der Waals surface area contributed by atoms with Crippen LogP contribution in [0.3, 0.4) is 0 Å². The number of fused-ring (bicyclic) bond motifs is 1. The molecule has 5 nitrogen and oxygen atoms in total. The average molecular weight is 316 g/mol. The molecule has 0 aliphatic rings. The number of benzene rings is 1. The predicted octanol–water partition coefficient (Wildman–Crippen LogP) is 2.98. The highest BCUT2D eigenvalue weighted by atomic mass is 16.4. The number of carbonyl (C=O) groups excluding carboxylic acids is 1. The molecule has 1 aromatic carbocycles. The monoisotopic (exact) mass is 316 g/mol. The van der Waals surface area contributed by atoms with E-state index in [0.717, 1.165) is 22.0 Å². The van der Waals surface area contributed by atoms with Crippen LogP contribution in [0.2, 0.25) is 0 Å². The van der Waals surface area contributed by atoms with Crippen molar-refractivity contribution in [2.45, 2.75) is 33.6 Å². The van der Waals surface area contributed by atoms with E-state index >= 15 is 0 Å². The molecule has 0 spiro atoms. The van der Waals surface area contributed by atoms with E-state index < -0.39 is 5.97 Å². The molecule has 0 atom stereocenters. The Hall–Kier alpha value is -2.30. The highest BCUT2D eigenvalue weighted by Crippen LogP contribution is 2.22. The summed E-state index contributed by atoms with van der Waals surface area (Å²) in [7, 11) is 0. The van der Waals surface area contributed by atoms with E-state index in [2.05, 4.69) is 4.98 Å². The third-order valence-electron chi connectivity index (χ3n) is 3.88. The summed E-state index contributed by atoms with van der Waals surface area (Å²) < 4.78 is 0. The molecular weight excluding hydrogens is 292 g/mol. The molecule has 2 N–H and O–H groups in total. The van der Waals surface area contributed by atoms with Gasteiger partial charge in [-0.1, -0.05) is 32.0 Å². The molecule has 0 aliphatic heterocycles. The Morgan fingerprint density at radius 2 is 2.04 bits per heavy atom. The molecule has 0 saturated carbocycles. The van der Waals surface area contributed by atoms with E-state index in [4.69, 9.17) is 5.11 Å². The van der Waals surface area contributed by atoms with Crippen molar-refractivity contribution in [2.24, 2.45) is 5.92 Å². The summed E-state index contributed by atoms with van der Waals surface area (Å²) in [5, 5.41) is 9.92. The van der Waals surface area contributed by atoms with Gasteiger partial charge in [0.2, 0.25) is 5.91 Å². The maximum atomic E-state index is 12.6. The Morgan fingerprint density at radius 3 is 2.70 bits per heavy atom. The molecule has 124 valence electrons. The third-order valence-corrected chi connectivity index (χ3v) is 3.88. The molecule has 23 heavy (non-hydrogen) atoms. The number of nitrogens with one attached hydrogen (secondary N) is 1.